The van der Waals surface area contributed by atoms with Gasteiger partial charge in [-0.3, -0.25) is 4.79 Å². The van der Waals surface area contributed by atoms with Crippen LogP contribution in [0, 0.1) is 13.8 Å². The third kappa shape index (κ3) is 2.95. The summed E-state index contributed by atoms with van der Waals surface area (Å²) in [7, 11) is 0. The fraction of sp³-hybridized carbons (Fsp3) is 0.300. The smallest absolute Gasteiger partial charge is 0.341 e. The normalized spacial score (nSPS) is 13.6. The molecular formula is C10H15NO3PS+. The predicted molar refractivity (Wildman–Crippen MR) is 68.2 cm³/mol. The fourth-order valence-corrected chi connectivity index (χ4v) is 3.27. The third-order valence-corrected chi connectivity index (χ3v) is 4.26. The van der Waals surface area contributed by atoms with E-state index in [0.717, 1.165) is 11.1 Å². The van der Waals surface area contributed by atoms with E-state index in [1.165, 1.54) is 0 Å². The van der Waals surface area contributed by atoms with E-state index in [4.69, 9.17) is 5.73 Å². The predicted octanol–water partition coefficient (Wildman–Crippen LogP) is 1.51. The second-order valence-electron chi connectivity index (χ2n) is 3.78. The molecular weight excluding hydrogens is 245 g/mol. The summed E-state index contributed by atoms with van der Waals surface area (Å²) in [5, 5.41) is 0. The molecule has 0 heterocycles. The molecule has 0 spiro atoms. The number of rotatable bonds is 3. The third-order valence-electron chi connectivity index (χ3n) is 2.35. The highest BCUT2D eigenvalue weighted by atomic mass is 32.7. The van der Waals surface area contributed by atoms with Crippen molar-refractivity contribution in [2.75, 3.05) is 0 Å². The first-order valence-electron chi connectivity index (χ1n) is 4.67. The summed E-state index contributed by atoms with van der Waals surface area (Å²) in [6.07, 6.45) is 0. The quantitative estimate of drug-likeness (QED) is 0.491. The van der Waals surface area contributed by atoms with Crippen LogP contribution in [0.2, 0.25) is 0 Å². The number of hydrogen-bond acceptors (Lipinski definition) is 4. The Kier molecular flexibility index (Phi) is 3.97. The van der Waals surface area contributed by atoms with Gasteiger partial charge in [0.05, 0.1) is 12.2 Å². The minimum Gasteiger partial charge on any atom is -0.366 e. The Hall–Kier alpha value is -0.610. The summed E-state index contributed by atoms with van der Waals surface area (Å²) in [4.78, 5) is 30.4. The summed E-state index contributed by atoms with van der Waals surface area (Å²) in [5.41, 5.74) is 6.29. The van der Waals surface area contributed by atoms with Crippen LogP contribution < -0.4 is 5.73 Å². The van der Waals surface area contributed by atoms with Crippen molar-refractivity contribution < 1.29 is 14.6 Å². The lowest BCUT2D eigenvalue weighted by Crippen LogP contribution is -2.23. The molecule has 1 amide bonds. The molecule has 0 saturated heterocycles. The van der Waals surface area contributed by atoms with Crippen LogP contribution in [0.25, 0.3) is 0 Å². The monoisotopic (exact) mass is 260 g/mol. The topological polar surface area (TPSA) is 83.6 Å². The van der Waals surface area contributed by atoms with Gasteiger partial charge in [-0.05, 0) is 19.4 Å². The standard InChI is InChI=1S/C10H14NO3PS/c1-6-3-4-7(2)8(5-6)9(10(11)12)15(13,14)16/h3-5,9,13-14,16H,1-2H3,(H-,11,12)/p+1. The van der Waals surface area contributed by atoms with E-state index in [2.05, 4.69) is 12.2 Å². The molecule has 1 atom stereocenters. The van der Waals surface area contributed by atoms with E-state index >= 15 is 0 Å². The lowest BCUT2D eigenvalue weighted by atomic mass is 10.0. The number of amides is 1. The number of nitrogens with two attached hydrogens (primary N) is 1. The summed E-state index contributed by atoms with van der Waals surface area (Å²) in [5.74, 6) is -0.776. The summed E-state index contributed by atoms with van der Waals surface area (Å²) < 4.78 is 0. The number of hydrogen-bond donors (Lipinski definition) is 4. The van der Waals surface area contributed by atoms with Gasteiger partial charge in [0, 0.05) is 5.56 Å². The van der Waals surface area contributed by atoms with Crippen molar-refractivity contribution in [2.24, 2.45) is 5.73 Å². The highest BCUT2D eigenvalue weighted by Gasteiger charge is 2.47. The zero-order valence-corrected chi connectivity index (χ0v) is 10.9. The van der Waals surface area contributed by atoms with Crippen LogP contribution in [0.1, 0.15) is 22.3 Å². The van der Waals surface area contributed by atoms with Crippen LogP contribution in [0.3, 0.4) is 0 Å². The zero-order valence-electron chi connectivity index (χ0n) is 9.08. The lowest BCUT2D eigenvalue weighted by Gasteiger charge is -2.17. The van der Waals surface area contributed by atoms with Gasteiger partial charge in [0.1, 0.15) is 0 Å². The highest BCUT2D eigenvalue weighted by Crippen LogP contribution is 2.67. The van der Waals surface area contributed by atoms with Gasteiger partial charge in [0.2, 0.25) is 5.66 Å². The molecule has 0 fully saturated rings. The Bertz CT molecular complexity index is 417. The molecule has 1 rings (SSSR count). The molecule has 0 aliphatic heterocycles. The first kappa shape index (κ1) is 13.5. The molecule has 0 radical (unpaired) electrons. The molecule has 0 aliphatic rings. The van der Waals surface area contributed by atoms with E-state index in [0.29, 0.717) is 5.56 Å². The molecule has 0 bridgehead atoms. The number of primary amides is 1. The van der Waals surface area contributed by atoms with Crippen LogP contribution in [-0.4, -0.2) is 15.7 Å². The maximum atomic E-state index is 11.3. The largest absolute Gasteiger partial charge is 0.366 e. The Balaban J connectivity index is 3.32. The van der Waals surface area contributed by atoms with Gasteiger partial charge in [-0.2, -0.15) is 0 Å². The summed E-state index contributed by atoms with van der Waals surface area (Å²) in [6, 6.07) is 5.41. The lowest BCUT2D eigenvalue weighted by molar-refractivity contribution is -0.117. The van der Waals surface area contributed by atoms with Crippen LogP contribution in [0.15, 0.2) is 18.2 Å². The van der Waals surface area contributed by atoms with Gasteiger partial charge in [-0.15, -0.1) is 0 Å². The molecule has 0 aromatic heterocycles. The number of aryl methyl sites for hydroxylation is 2. The fourth-order valence-electron chi connectivity index (χ4n) is 1.57. The average molecular weight is 260 g/mol. The van der Waals surface area contributed by atoms with Crippen molar-refractivity contribution in [3.8, 4) is 0 Å². The summed E-state index contributed by atoms with van der Waals surface area (Å²) >= 11 is 3.70. The Labute approximate surface area is 100 Å². The van der Waals surface area contributed by atoms with Gasteiger partial charge >= 0.3 is 6.92 Å². The molecule has 1 unspecified atom stereocenters. The first-order valence-corrected chi connectivity index (χ1v) is 7.58. The summed E-state index contributed by atoms with van der Waals surface area (Å²) in [6.45, 7) is 0.0106. The Morgan fingerprint density at radius 1 is 1.44 bits per heavy atom. The maximum Gasteiger partial charge on any atom is 0.341 e. The molecule has 1 aromatic rings. The van der Waals surface area contributed by atoms with Gasteiger partial charge in [-0.25, -0.2) is 9.79 Å². The number of thiol groups is 1. The van der Waals surface area contributed by atoms with Gasteiger partial charge in [0.15, 0.2) is 0 Å². The molecule has 4 N–H and O–H groups in total. The van der Waals surface area contributed by atoms with E-state index < -0.39 is 18.5 Å². The van der Waals surface area contributed by atoms with Crippen LogP contribution >= 0.6 is 19.2 Å². The molecule has 88 valence electrons. The van der Waals surface area contributed by atoms with Gasteiger partial charge in [-0.1, -0.05) is 23.8 Å². The Morgan fingerprint density at radius 2 is 2.00 bits per heavy atom. The van der Waals surface area contributed by atoms with Gasteiger partial charge < -0.3 is 5.73 Å². The van der Waals surface area contributed by atoms with Crippen molar-refractivity contribution in [1.82, 2.24) is 0 Å². The van der Waals surface area contributed by atoms with E-state index in [1.54, 1.807) is 13.0 Å². The second-order valence-corrected chi connectivity index (χ2v) is 7.29. The van der Waals surface area contributed by atoms with Crippen molar-refractivity contribution in [2.45, 2.75) is 19.5 Å². The molecule has 1 aromatic carbocycles. The van der Waals surface area contributed by atoms with E-state index in [1.807, 2.05) is 19.1 Å². The van der Waals surface area contributed by atoms with Crippen LogP contribution in [0.5, 0.6) is 0 Å². The number of benzene rings is 1. The number of carbonyl (C=O) groups excluding carboxylic acids is 1. The Morgan fingerprint density at radius 3 is 2.44 bits per heavy atom. The van der Waals surface area contributed by atoms with Crippen LogP contribution in [0.4, 0.5) is 0 Å². The molecule has 6 heteroatoms. The van der Waals surface area contributed by atoms with Crippen LogP contribution in [-0.2, 0) is 4.79 Å². The molecule has 0 aliphatic carbocycles. The number of carbonyl (C=O) groups is 1. The SMILES string of the molecule is Cc1ccc(C)c(C(C(N)=O)[P+](O)(O)S)c1. The van der Waals surface area contributed by atoms with E-state index in [9.17, 15) is 14.6 Å². The maximum absolute atomic E-state index is 11.3. The first-order chi connectivity index (χ1) is 7.23. The molecule has 0 saturated carbocycles. The molecule has 4 nitrogen and oxygen atoms in total. The average Bonchev–Trinajstić information content (AvgIpc) is 2.08. The van der Waals surface area contributed by atoms with Crippen molar-refractivity contribution in [3.63, 3.8) is 0 Å². The minimum atomic E-state index is -3.63. The minimum absolute atomic E-state index is 0.529. The van der Waals surface area contributed by atoms with Crippen molar-refractivity contribution in [3.05, 3.63) is 34.9 Å². The molecule has 16 heavy (non-hydrogen) atoms. The van der Waals surface area contributed by atoms with Crippen molar-refractivity contribution in [1.29, 1.82) is 0 Å². The second kappa shape index (κ2) is 4.72. The van der Waals surface area contributed by atoms with E-state index in [-0.39, 0.29) is 0 Å². The van der Waals surface area contributed by atoms with Gasteiger partial charge in [0.25, 0.3) is 5.91 Å². The highest BCUT2D eigenvalue weighted by molar-refractivity contribution is 8.49. The zero-order chi connectivity index (χ0) is 12.5. The van der Waals surface area contributed by atoms with Crippen molar-refractivity contribution >= 4 is 25.1 Å².